The molecule has 0 spiro atoms. The Bertz CT molecular complexity index is 834. The molecule has 3 nitrogen and oxygen atoms in total. The lowest BCUT2D eigenvalue weighted by Crippen LogP contribution is -2.51. The Hall–Kier alpha value is -1.71. The van der Waals surface area contributed by atoms with Gasteiger partial charge in [-0.3, -0.25) is 0 Å². The Morgan fingerprint density at radius 3 is 2.60 bits per heavy atom. The first-order valence-electron chi connectivity index (χ1n) is 8.61. The maximum atomic E-state index is 6.37. The average molecular weight is 375 g/mol. The molecule has 2 aromatic carbocycles. The van der Waals surface area contributed by atoms with E-state index in [1.807, 2.05) is 42.5 Å². The van der Waals surface area contributed by atoms with E-state index in [4.69, 9.17) is 33.0 Å². The van der Waals surface area contributed by atoms with Crippen molar-refractivity contribution in [2.24, 2.45) is 5.10 Å². The monoisotopic (exact) mass is 374 g/mol. The highest BCUT2D eigenvalue weighted by Gasteiger charge is 2.47. The van der Waals surface area contributed by atoms with Crippen molar-refractivity contribution in [3.63, 3.8) is 0 Å². The van der Waals surface area contributed by atoms with Gasteiger partial charge in [-0.05, 0) is 42.8 Å². The standard InChI is InChI=1S/C20H20Cl2N2O/c1-3-10-20(2)24-18(16-11-15(22)8-9-19(16)25-20)12-17(23-24)13-4-6-14(21)7-5-13/h4-9,11,18H,3,10,12H2,1-2H3/t18-,20-/m1/s1. The number of benzene rings is 2. The highest BCUT2D eigenvalue weighted by Crippen LogP contribution is 2.48. The molecule has 5 heteroatoms. The molecule has 0 fully saturated rings. The first kappa shape index (κ1) is 16.7. The van der Waals surface area contributed by atoms with E-state index in [9.17, 15) is 0 Å². The van der Waals surface area contributed by atoms with Crippen LogP contribution in [0.4, 0.5) is 0 Å². The van der Waals surface area contributed by atoms with Gasteiger partial charge in [0, 0.05) is 28.5 Å². The van der Waals surface area contributed by atoms with Crippen LogP contribution >= 0.6 is 23.2 Å². The summed E-state index contributed by atoms with van der Waals surface area (Å²) in [6.07, 6.45) is 2.76. The molecule has 0 N–H and O–H groups in total. The summed E-state index contributed by atoms with van der Waals surface area (Å²) in [5.74, 6) is 0.911. The SMILES string of the molecule is CCC[C@@]1(C)Oc2ccc(Cl)cc2[C@H]2CC(c3ccc(Cl)cc3)=NN21. The zero-order valence-electron chi connectivity index (χ0n) is 14.3. The van der Waals surface area contributed by atoms with Crippen LogP contribution in [0, 0.1) is 0 Å². The molecule has 0 saturated carbocycles. The second-order valence-corrected chi connectivity index (χ2v) is 7.70. The third-order valence-electron chi connectivity index (χ3n) is 4.95. The van der Waals surface area contributed by atoms with Crippen LogP contribution in [-0.2, 0) is 0 Å². The summed E-state index contributed by atoms with van der Waals surface area (Å²) < 4.78 is 6.37. The van der Waals surface area contributed by atoms with Gasteiger partial charge in [0.05, 0.1) is 11.8 Å². The molecule has 0 radical (unpaired) electrons. The second-order valence-electron chi connectivity index (χ2n) is 6.83. The van der Waals surface area contributed by atoms with Gasteiger partial charge in [0.1, 0.15) is 5.75 Å². The molecule has 2 aliphatic heterocycles. The van der Waals surface area contributed by atoms with Crippen LogP contribution in [0.25, 0.3) is 0 Å². The second kappa shape index (κ2) is 6.22. The molecule has 0 unspecified atom stereocenters. The van der Waals surface area contributed by atoms with Crippen molar-refractivity contribution in [3.8, 4) is 5.75 Å². The van der Waals surface area contributed by atoms with Gasteiger partial charge in [0.2, 0.25) is 0 Å². The Morgan fingerprint density at radius 2 is 1.88 bits per heavy atom. The predicted octanol–water partition coefficient (Wildman–Crippen LogP) is 6.05. The van der Waals surface area contributed by atoms with Crippen molar-refractivity contribution in [1.29, 1.82) is 0 Å². The number of ether oxygens (including phenoxy) is 1. The molecule has 0 saturated heterocycles. The van der Waals surface area contributed by atoms with Crippen LogP contribution in [0.2, 0.25) is 10.0 Å². The van der Waals surface area contributed by atoms with Gasteiger partial charge in [-0.2, -0.15) is 5.10 Å². The van der Waals surface area contributed by atoms with Crippen LogP contribution in [-0.4, -0.2) is 16.4 Å². The molecule has 0 amide bonds. The van der Waals surface area contributed by atoms with Crippen molar-refractivity contribution in [3.05, 3.63) is 63.6 Å². The quantitative estimate of drug-likeness (QED) is 0.652. The molecule has 4 rings (SSSR count). The van der Waals surface area contributed by atoms with E-state index in [2.05, 4.69) is 18.9 Å². The van der Waals surface area contributed by atoms with Crippen molar-refractivity contribution < 1.29 is 4.74 Å². The fourth-order valence-corrected chi connectivity index (χ4v) is 4.10. The Labute approximate surface area is 158 Å². The van der Waals surface area contributed by atoms with Crippen LogP contribution in [0.1, 0.15) is 50.3 Å². The topological polar surface area (TPSA) is 24.8 Å². The van der Waals surface area contributed by atoms with Gasteiger partial charge < -0.3 is 4.74 Å². The number of hydrazone groups is 1. The van der Waals surface area contributed by atoms with Gasteiger partial charge in [0.25, 0.3) is 0 Å². The van der Waals surface area contributed by atoms with Gasteiger partial charge >= 0.3 is 0 Å². The third-order valence-corrected chi connectivity index (χ3v) is 5.43. The first-order chi connectivity index (χ1) is 12.0. The first-order valence-corrected chi connectivity index (χ1v) is 9.37. The average Bonchev–Trinajstić information content (AvgIpc) is 3.03. The van der Waals surface area contributed by atoms with E-state index in [1.54, 1.807) is 0 Å². The van der Waals surface area contributed by atoms with Crippen LogP contribution in [0.3, 0.4) is 0 Å². The number of halogens is 2. The smallest absolute Gasteiger partial charge is 0.195 e. The molecular formula is C20H20Cl2N2O. The maximum absolute atomic E-state index is 6.37. The largest absolute Gasteiger partial charge is 0.466 e. The Balaban J connectivity index is 1.78. The summed E-state index contributed by atoms with van der Waals surface area (Å²) >= 11 is 12.3. The van der Waals surface area contributed by atoms with Crippen molar-refractivity contribution >= 4 is 28.9 Å². The fourth-order valence-electron chi connectivity index (χ4n) is 3.79. The molecule has 2 aliphatic rings. The van der Waals surface area contributed by atoms with E-state index in [1.165, 1.54) is 0 Å². The lowest BCUT2D eigenvalue weighted by atomic mass is 9.94. The van der Waals surface area contributed by atoms with Crippen LogP contribution in [0.5, 0.6) is 5.75 Å². The minimum absolute atomic E-state index is 0.143. The highest BCUT2D eigenvalue weighted by atomic mass is 35.5. The van der Waals surface area contributed by atoms with Crippen molar-refractivity contribution in [2.75, 3.05) is 0 Å². The number of hydrogen-bond acceptors (Lipinski definition) is 3. The maximum Gasteiger partial charge on any atom is 0.195 e. The number of hydrogen-bond donors (Lipinski definition) is 0. The van der Waals surface area contributed by atoms with E-state index < -0.39 is 5.72 Å². The molecule has 2 heterocycles. The van der Waals surface area contributed by atoms with Gasteiger partial charge in [-0.1, -0.05) is 48.7 Å². The number of rotatable bonds is 3. The molecule has 2 aromatic rings. The highest BCUT2D eigenvalue weighted by molar-refractivity contribution is 6.31. The normalized spacial score (nSPS) is 24.4. The minimum atomic E-state index is -0.450. The van der Waals surface area contributed by atoms with Gasteiger partial charge in [0.15, 0.2) is 5.72 Å². The molecule has 25 heavy (non-hydrogen) atoms. The summed E-state index contributed by atoms with van der Waals surface area (Å²) in [7, 11) is 0. The predicted molar refractivity (Wildman–Crippen MR) is 103 cm³/mol. The number of nitrogens with zero attached hydrogens (tertiary/aromatic N) is 2. The minimum Gasteiger partial charge on any atom is -0.466 e. The lowest BCUT2D eigenvalue weighted by Gasteiger charge is -2.45. The summed E-state index contributed by atoms with van der Waals surface area (Å²) in [5, 5.41) is 8.53. The zero-order valence-corrected chi connectivity index (χ0v) is 15.8. The summed E-state index contributed by atoms with van der Waals surface area (Å²) in [6.45, 7) is 4.29. The van der Waals surface area contributed by atoms with E-state index in [0.717, 1.165) is 51.9 Å². The van der Waals surface area contributed by atoms with Crippen molar-refractivity contribution in [2.45, 2.75) is 44.9 Å². The van der Waals surface area contributed by atoms with Crippen LogP contribution < -0.4 is 4.74 Å². The Morgan fingerprint density at radius 1 is 1.16 bits per heavy atom. The fraction of sp³-hybridized carbons (Fsp3) is 0.350. The molecule has 2 atom stereocenters. The molecule has 0 bridgehead atoms. The summed E-state index contributed by atoms with van der Waals surface area (Å²) in [4.78, 5) is 0. The Kier molecular flexibility index (Phi) is 4.17. The van der Waals surface area contributed by atoms with Gasteiger partial charge in [-0.15, -0.1) is 0 Å². The van der Waals surface area contributed by atoms with Gasteiger partial charge in [-0.25, -0.2) is 5.01 Å². The molecular weight excluding hydrogens is 355 g/mol. The molecule has 130 valence electrons. The van der Waals surface area contributed by atoms with Crippen LogP contribution in [0.15, 0.2) is 47.6 Å². The summed E-state index contributed by atoms with van der Waals surface area (Å²) in [5.41, 5.74) is 2.81. The van der Waals surface area contributed by atoms with E-state index >= 15 is 0 Å². The lowest BCUT2D eigenvalue weighted by molar-refractivity contribution is -0.111. The molecule has 0 aliphatic carbocycles. The zero-order chi connectivity index (χ0) is 17.6. The third kappa shape index (κ3) is 2.90. The van der Waals surface area contributed by atoms with Crippen molar-refractivity contribution in [1.82, 2.24) is 5.01 Å². The van der Waals surface area contributed by atoms with E-state index in [-0.39, 0.29) is 6.04 Å². The summed E-state index contributed by atoms with van der Waals surface area (Å²) in [6, 6.07) is 13.9. The van der Waals surface area contributed by atoms with E-state index in [0.29, 0.717) is 0 Å². The molecule has 0 aromatic heterocycles. The number of fused-ring (bicyclic) bond motifs is 3.